The van der Waals surface area contributed by atoms with Gasteiger partial charge in [-0.1, -0.05) is 24.3 Å². The summed E-state index contributed by atoms with van der Waals surface area (Å²) in [4.78, 5) is 12.1. The van der Waals surface area contributed by atoms with Gasteiger partial charge >= 0.3 is 13.7 Å². The first kappa shape index (κ1) is 22.0. The molecule has 0 aliphatic carbocycles. The topological polar surface area (TPSA) is 97.7 Å². The van der Waals surface area contributed by atoms with Crippen LogP contribution >= 0.6 is 23.7 Å². The number of halogens is 1. The highest BCUT2D eigenvalue weighted by Gasteiger charge is 2.35. The number of ether oxygens (including phenoxy) is 1. The molecule has 0 bridgehead atoms. The van der Waals surface area contributed by atoms with Crippen molar-refractivity contribution >= 4 is 29.6 Å². The normalized spacial score (nSPS) is 13.9. The number of hydrogen-bond acceptors (Lipinski definition) is 6. The van der Waals surface area contributed by atoms with E-state index < -0.39 is 19.8 Å². The van der Waals surface area contributed by atoms with E-state index in [4.69, 9.17) is 13.8 Å². The van der Waals surface area contributed by atoms with Gasteiger partial charge in [0, 0.05) is 0 Å². The van der Waals surface area contributed by atoms with Gasteiger partial charge < -0.3 is 13.8 Å². The molecule has 1 N–H and O–H groups in total. The van der Waals surface area contributed by atoms with Crippen molar-refractivity contribution in [3.63, 3.8) is 0 Å². The molecule has 148 valence electrons. The molecule has 7 nitrogen and oxygen atoms in total. The standard InChI is InChI=1S/C19H20BrN2O5P/c1-13(2)25-19(23)14(3)22-28(24,26-16-9-5-4-6-10-16)27-18-15(12-21)8-7-11-17(18)20/h4-11,13-14H,1-3H3,(H,22,24)/t14-,28?/m0/s1. The maximum atomic E-state index is 13.5. The molecular weight excluding hydrogens is 447 g/mol. The zero-order chi connectivity index (χ0) is 20.7. The van der Waals surface area contributed by atoms with Crippen LogP contribution in [0.15, 0.2) is 53.0 Å². The third kappa shape index (κ3) is 6.10. The highest BCUT2D eigenvalue weighted by molar-refractivity contribution is 9.10. The van der Waals surface area contributed by atoms with Crippen LogP contribution in [0, 0.1) is 11.3 Å². The molecule has 9 heteroatoms. The summed E-state index contributed by atoms with van der Waals surface area (Å²) in [6, 6.07) is 14.2. The Kier molecular flexibility index (Phi) is 7.64. The van der Waals surface area contributed by atoms with E-state index in [-0.39, 0.29) is 23.2 Å². The fourth-order valence-electron chi connectivity index (χ4n) is 2.13. The fourth-order valence-corrected chi connectivity index (χ4v) is 4.26. The van der Waals surface area contributed by atoms with Crippen LogP contribution < -0.4 is 14.1 Å². The molecule has 0 saturated carbocycles. The van der Waals surface area contributed by atoms with E-state index in [1.165, 1.54) is 13.0 Å². The summed E-state index contributed by atoms with van der Waals surface area (Å²) < 4.78 is 30.2. The second kappa shape index (κ2) is 9.74. The molecule has 2 atom stereocenters. The van der Waals surface area contributed by atoms with Gasteiger partial charge in [0.2, 0.25) is 0 Å². The van der Waals surface area contributed by atoms with Crippen molar-refractivity contribution in [2.45, 2.75) is 32.9 Å². The fraction of sp³-hybridized carbons (Fsp3) is 0.263. The molecule has 0 aromatic heterocycles. The molecule has 0 aliphatic rings. The molecule has 0 amide bonds. The Morgan fingerprint density at radius 3 is 2.39 bits per heavy atom. The minimum Gasteiger partial charge on any atom is -0.462 e. The van der Waals surface area contributed by atoms with Crippen molar-refractivity contribution in [1.82, 2.24) is 5.09 Å². The number of carbonyl (C=O) groups is 1. The number of benzene rings is 2. The Labute approximate surface area is 172 Å². The van der Waals surface area contributed by atoms with Crippen LogP contribution in [0.5, 0.6) is 11.5 Å². The zero-order valence-corrected chi connectivity index (χ0v) is 18.1. The van der Waals surface area contributed by atoms with E-state index >= 15 is 0 Å². The van der Waals surface area contributed by atoms with Crippen LogP contribution in [0.2, 0.25) is 0 Å². The maximum Gasteiger partial charge on any atom is 0.513 e. The van der Waals surface area contributed by atoms with Crippen molar-refractivity contribution in [3.8, 4) is 17.6 Å². The van der Waals surface area contributed by atoms with Crippen LogP contribution in [0.4, 0.5) is 0 Å². The zero-order valence-electron chi connectivity index (χ0n) is 15.6. The number of nitrogens with zero attached hydrogens (tertiary/aromatic N) is 1. The van der Waals surface area contributed by atoms with Crippen LogP contribution in [0.3, 0.4) is 0 Å². The van der Waals surface area contributed by atoms with Gasteiger partial charge in [0.05, 0.1) is 16.1 Å². The average molecular weight is 467 g/mol. The summed E-state index contributed by atoms with van der Waals surface area (Å²) >= 11 is 3.28. The molecule has 0 heterocycles. The summed E-state index contributed by atoms with van der Waals surface area (Å²) in [5, 5.41) is 11.9. The Morgan fingerprint density at radius 2 is 1.79 bits per heavy atom. The maximum absolute atomic E-state index is 13.5. The predicted octanol–water partition coefficient (Wildman–Crippen LogP) is 4.82. The molecule has 28 heavy (non-hydrogen) atoms. The first-order valence-electron chi connectivity index (χ1n) is 8.45. The second-order valence-electron chi connectivity index (χ2n) is 6.06. The summed E-state index contributed by atoms with van der Waals surface area (Å²) in [5.41, 5.74) is 0.158. The molecule has 2 rings (SSSR count). The van der Waals surface area contributed by atoms with Crippen LogP contribution in [0.1, 0.15) is 26.3 Å². The van der Waals surface area contributed by atoms with Gasteiger partial charge in [-0.2, -0.15) is 10.3 Å². The number of hydrogen-bond donors (Lipinski definition) is 1. The summed E-state index contributed by atoms with van der Waals surface area (Å²) in [5.74, 6) is -0.294. The van der Waals surface area contributed by atoms with Gasteiger partial charge in [-0.3, -0.25) is 4.79 Å². The lowest BCUT2D eigenvalue weighted by atomic mass is 10.2. The second-order valence-corrected chi connectivity index (χ2v) is 8.53. The van der Waals surface area contributed by atoms with E-state index in [1.807, 2.05) is 6.07 Å². The molecule has 0 spiro atoms. The van der Waals surface area contributed by atoms with Crippen LogP contribution in [-0.2, 0) is 14.1 Å². The first-order valence-corrected chi connectivity index (χ1v) is 10.8. The number of esters is 1. The van der Waals surface area contributed by atoms with Crippen molar-refractivity contribution < 1.29 is 23.1 Å². The van der Waals surface area contributed by atoms with E-state index in [1.54, 1.807) is 56.3 Å². The average Bonchev–Trinajstić information content (AvgIpc) is 2.63. The Balaban J connectivity index is 2.35. The molecule has 0 aliphatic heterocycles. The van der Waals surface area contributed by atoms with Gasteiger partial charge in [-0.05, 0) is 61.0 Å². The van der Waals surface area contributed by atoms with Gasteiger partial charge in [-0.15, -0.1) is 0 Å². The van der Waals surface area contributed by atoms with Gasteiger partial charge in [0.25, 0.3) is 0 Å². The number of nitriles is 1. The van der Waals surface area contributed by atoms with Crippen LogP contribution in [-0.4, -0.2) is 18.1 Å². The van der Waals surface area contributed by atoms with Crippen LogP contribution in [0.25, 0.3) is 0 Å². The van der Waals surface area contributed by atoms with E-state index in [0.717, 1.165) is 0 Å². The smallest absolute Gasteiger partial charge is 0.462 e. The minimum atomic E-state index is -4.12. The van der Waals surface area contributed by atoms with Crippen molar-refractivity contribution in [3.05, 3.63) is 58.6 Å². The Hall–Kier alpha value is -2.33. The quantitative estimate of drug-likeness (QED) is 0.439. The molecule has 0 saturated heterocycles. The summed E-state index contributed by atoms with van der Waals surface area (Å²) in [6.45, 7) is 4.91. The largest absolute Gasteiger partial charge is 0.513 e. The summed E-state index contributed by atoms with van der Waals surface area (Å²) in [6.07, 6.45) is -0.333. The van der Waals surface area contributed by atoms with E-state index in [9.17, 15) is 14.6 Å². The Morgan fingerprint density at radius 1 is 1.11 bits per heavy atom. The van der Waals surface area contributed by atoms with E-state index in [0.29, 0.717) is 4.47 Å². The highest BCUT2D eigenvalue weighted by Crippen LogP contribution is 2.48. The molecule has 1 unspecified atom stereocenters. The molecule has 0 radical (unpaired) electrons. The Bertz CT molecular complexity index is 914. The number of carbonyl (C=O) groups excluding carboxylic acids is 1. The minimum absolute atomic E-state index is 0.0428. The number of para-hydroxylation sites is 2. The van der Waals surface area contributed by atoms with Gasteiger partial charge in [-0.25, -0.2) is 4.57 Å². The number of rotatable bonds is 8. The number of nitrogens with one attached hydrogen (secondary N) is 1. The predicted molar refractivity (Wildman–Crippen MR) is 108 cm³/mol. The summed E-state index contributed by atoms with van der Waals surface area (Å²) in [7, 11) is -4.12. The van der Waals surface area contributed by atoms with Crippen molar-refractivity contribution in [2.24, 2.45) is 0 Å². The van der Waals surface area contributed by atoms with Crippen molar-refractivity contribution in [1.29, 1.82) is 5.26 Å². The van der Waals surface area contributed by atoms with E-state index in [2.05, 4.69) is 21.0 Å². The molecule has 2 aromatic carbocycles. The molecular formula is C19H20BrN2O5P. The lowest BCUT2D eigenvalue weighted by molar-refractivity contribution is -0.149. The highest BCUT2D eigenvalue weighted by atomic mass is 79.9. The first-order chi connectivity index (χ1) is 13.2. The third-order valence-corrected chi connectivity index (χ3v) is 5.53. The SMILES string of the molecule is CC(C)OC(=O)[C@H](C)NP(=O)(Oc1ccccc1)Oc1c(Br)cccc1C#N. The lowest BCUT2D eigenvalue weighted by Crippen LogP contribution is -2.36. The molecule has 0 fully saturated rings. The lowest BCUT2D eigenvalue weighted by Gasteiger charge is -2.24. The molecule has 2 aromatic rings. The third-order valence-electron chi connectivity index (χ3n) is 3.32. The van der Waals surface area contributed by atoms with Gasteiger partial charge in [0.1, 0.15) is 17.9 Å². The van der Waals surface area contributed by atoms with Gasteiger partial charge in [0.15, 0.2) is 5.75 Å². The van der Waals surface area contributed by atoms with Crippen molar-refractivity contribution in [2.75, 3.05) is 0 Å². The monoisotopic (exact) mass is 466 g/mol.